The van der Waals surface area contributed by atoms with Gasteiger partial charge in [0.25, 0.3) is 0 Å². The van der Waals surface area contributed by atoms with Crippen LogP contribution in [0.5, 0.6) is 0 Å². The van der Waals surface area contributed by atoms with Crippen LogP contribution in [0.2, 0.25) is 5.28 Å². The van der Waals surface area contributed by atoms with Gasteiger partial charge in [0.2, 0.25) is 0 Å². The van der Waals surface area contributed by atoms with E-state index >= 15 is 0 Å². The Morgan fingerprint density at radius 1 is 1.00 bits per heavy atom. The normalized spacial score (nSPS) is 7.44. The average molecular weight is 366 g/mol. The molecule has 0 aromatic carbocycles. The van der Waals surface area contributed by atoms with Crippen molar-refractivity contribution < 1.29 is 48.0 Å². The predicted octanol–water partition coefficient (Wildman–Crippen LogP) is -3.84. The van der Waals surface area contributed by atoms with Crippen molar-refractivity contribution in [2.45, 2.75) is 37.9 Å². The van der Waals surface area contributed by atoms with Crippen LogP contribution in [-0.4, -0.2) is 16.3 Å². The fraction of sp³-hybridized carbons (Fsp3) is 1.00. The molecular formula is C6H13AlI2. The van der Waals surface area contributed by atoms with Gasteiger partial charge in [-0.15, -0.1) is 0 Å². The summed E-state index contributed by atoms with van der Waals surface area (Å²) in [5, 5.41) is 1.28. The minimum absolute atomic E-state index is 0. The van der Waals surface area contributed by atoms with E-state index in [9.17, 15) is 0 Å². The van der Waals surface area contributed by atoms with Gasteiger partial charge < -0.3 is 48.0 Å². The van der Waals surface area contributed by atoms with Crippen LogP contribution in [-0.2, 0) is 0 Å². The minimum Gasteiger partial charge on any atom is -1.00 e. The second-order valence-corrected chi connectivity index (χ2v) is 2.43. The Morgan fingerprint density at radius 2 is 1.56 bits per heavy atom. The van der Waals surface area contributed by atoms with Gasteiger partial charge in [-0.05, 0) is 0 Å². The number of rotatable bonds is 4. The van der Waals surface area contributed by atoms with Crippen molar-refractivity contribution in [3.05, 3.63) is 0 Å². The van der Waals surface area contributed by atoms with E-state index in [2.05, 4.69) is 23.2 Å². The van der Waals surface area contributed by atoms with Crippen molar-refractivity contribution in [2.24, 2.45) is 0 Å². The van der Waals surface area contributed by atoms with Crippen LogP contribution >= 0.6 is 0 Å². The zero-order valence-corrected chi connectivity index (χ0v) is 11.3. The molecular weight excluding hydrogens is 353 g/mol. The molecule has 0 bridgehead atoms. The molecule has 0 aliphatic heterocycles. The Hall–Kier alpha value is 1.99. The van der Waals surface area contributed by atoms with E-state index in [1.807, 2.05) is 0 Å². The molecule has 0 heterocycles. The minimum atomic E-state index is 0. The summed E-state index contributed by atoms with van der Waals surface area (Å²) in [6.45, 7) is 2.24. The average Bonchev–Trinajstić information content (AvgIpc) is 1.69. The summed E-state index contributed by atoms with van der Waals surface area (Å²) >= 11 is 2.75. The molecule has 3 heteroatoms. The molecule has 0 fully saturated rings. The summed E-state index contributed by atoms with van der Waals surface area (Å²) in [5.41, 5.74) is 0. The largest absolute Gasteiger partial charge is 1.00 e. The molecule has 0 rings (SSSR count). The molecule has 0 N–H and O–H groups in total. The van der Waals surface area contributed by atoms with E-state index in [0.717, 1.165) is 0 Å². The first-order valence-corrected chi connectivity index (χ1v) is 3.93. The van der Waals surface area contributed by atoms with E-state index in [0.29, 0.717) is 0 Å². The van der Waals surface area contributed by atoms with Crippen molar-refractivity contribution >= 4 is 16.3 Å². The van der Waals surface area contributed by atoms with Gasteiger partial charge in [-0.3, -0.25) is 0 Å². The molecule has 0 unspecified atom stereocenters. The van der Waals surface area contributed by atoms with E-state index in [1.54, 1.807) is 0 Å². The van der Waals surface area contributed by atoms with Gasteiger partial charge in [0.05, 0.1) is 0 Å². The zero-order chi connectivity index (χ0) is 5.54. The maximum Gasteiger partial charge on any atom is -1.00 e. The summed E-state index contributed by atoms with van der Waals surface area (Å²) in [5.74, 6) is 0. The summed E-state index contributed by atoms with van der Waals surface area (Å²) < 4.78 is 0. The maximum absolute atomic E-state index is 2.75. The second-order valence-electron chi connectivity index (χ2n) is 1.85. The Morgan fingerprint density at radius 3 is 1.89 bits per heavy atom. The van der Waals surface area contributed by atoms with Gasteiger partial charge in [0.1, 0.15) is 0 Å². The van der Waals surface area contributed by atoms with Gasteiger partial charge in [-0.1, -0.05) is 0 Å². The molecule has 54 valence electrons. The topological polar surface area (TPSA) is 0 Å². The first kappa shape index (κ1) is 17.2. The van der Waals surface area contributed by atoms with Gasteiger partial charge in [-0.25, -0.2) is 0 Å². The van der Waals surface area contributed by atoms with Crippen molar-refractivity contribution in [1.29, 1.82) is 0 Å². The third-order valence-corrected chi connectivity index (χ3v) is 1.47. The molecule has 9 heavy (non-hydrogen) atoms. The zero-order valence-electron chi connectivity index (χ0n) is 5.87. The van der Waals surface area contributed by atoms with E-state index < -0.39 is 0 Å². The van der Waals surface area contributed by atoms with Crippen LogP contribution in [0.1, 0.15) is 32.6 Å². The third-order valence-electron chi connectivity index (χ3n) is 1.06. The van der Waals surface area contributed by atoms with Gasteiger partial charge in [0.15, 0.2) is 0 Å². The summed E-state index contributed by atoms with van der Waals surface area (Å²) in [6.07, 6.45) is 5.57. The fourth-order valence-corrected chi connectivity index (χ4v) is 0.860. The van der Waals surface area contributed by atoms with Gasteiger partial charge in [-0.2, -0.15) is 0 Å². The SMILES string of the molecule is CCCCC[CH2][Al+2].[I-].[I-]. The molecule has 0 radical (unpaired) electrons. The van der Waals surface area contributed by atoms with Crippen LogP contribution in [0, 0.1) is 0 Å². The molecule has 0 spiro atoms. The standard InChI is InChI=1S/C6H13.Al.2HI/c1-3-5-6-4-2;;;/h1,3-6H2,2H3;;2*1H/q;+2;;/p-2. The first-order valence-electron chi connectivity index (χ1n) is 3.12. The van der Waals surface area contributed by atoms with Crippen molar-refractivity contribution in [2.75, 3.05) is 0 Å². The predicted molar refractivity (Wildman–Crippen MR) is 34.7 cm³/mol. The molecule has 0 aliphatic carbocycles. The number of halogens is 2. The number of hydrogen-bond donors (Lipinski definition) is 0. The van der Waals surface area contributed by atoms with Crippen molar-refractivity contribution in [3.8, 4) is 0 Å². The van der Waals surface area contributed by atoms with Gasteiger partial charge in [0, 0.05) is 0 Å². The van der Waals surface area contributed by atoms with E-state index in [-0.39, 0.29) is 48.0 Å². The van der Waals surface area contributed by atoms with E-state index in [4.69, 9.17) is 0 Å². The monoisotopic (exact) mass is 366 g/mol. The molecule has 0 aromatic rings. The third kappa shape index (κ3) is 17.8. The second kappa shape index (κ2) is 16.5. The summed E-state index contributed by atoms with van der Waals surface area (Å²) in [6, 6.07) is 0. The Kier molecular flexibility index (Phi) is 31.6. The molecule has 0 saturated heterocycles. The molecule has 0 atom stereocenters. The Balaban J connectivity index is -0.000000180. The molecule has 0 aliphatic rings. The molecule has 0 nitrogen and oxygen atoms in total. The van der Waals surface area contributed by atoms with Crippen LogP contribution in [0.15, 0.2) is 0 Å². The smallest absolute Gasteiger partial charge is 1.00 e. The summed E-state index contributed by atoms with van der Waals surface area (Å²) in [7, 11) is 0. The first-order chi connectivity index (χ1) is 3.41. The van der Waals surface area contributed by atoms with Crippen molar-refractivity contribution in [1.82, 2.24) is 0 Å². The number of hydrogen-bond acceptors (Lipinski definition) is 0. The molecule has 0 amide bonds. The van der Waals surface area contributed by atoms with Crippen LogP contribution in [0.3, 0.4) is 0 Å². The van der Waals surface area contributed by atoms with Gasteiger partial charge >= 0.3 is 54.2 Å². The van der Waals surface area contributed by atoms with Crippen LogP contribution in [0.4, 0.5) is 0 Å². The maximum atomic E-state index is 2.75. The fourth-order valence-electron chi connectivity index (χ4n) is 0.571. The number of unbranched alkanes of at least 4 members (excludes halogenated alkanes) is 3. The Labute approximate surface area is 101 Å². The quantitative estimate of drug-likeness (QED) is 0.272. The van der Waals surface area contributed by atoms with Crippen LogP contribution in [0.25, 0.3) is 0 Å². The molecule has 0 aromatic heterocycles. The van der Waals surface area contributed by atoms with Crippen molar-refractivity contribution in [3.63, 3.8) is 0 Å². The molecule has 0 saturated carbocycles. The Bertz CT molecular complexity index is 30.2. The van der Waals surface area contributed by atoms with Crippen LogP contribution < -0.4 is 48.0 Å². The van der Waals surface area contributed by atoms with E-state index in [1.165, 1.54) is 31.0 Å². The summed E-state index contributed by atoms with van der Waals surface area (Å²) in [4.78, 5) is 0.